The van der Waals surface area contributed by atoms with Gasteiger partial charge in [-0.2, -0.15) is 5.10 Å². The first-order chi connectivity index (χ1) is 13.8. The molecule has 1 N–H and O–H groups in total. The van der Waals surface area contributed by atoms with E-state index in [0.717, 1.165) is 17.7 Å². The molecule has 0 aliphatic rings. The zero-order chi connectivity index (χ0) is 21.0. The van der Waals surface area contributed by atoms with Gasteiger partial charge in [-0.1, -0.05) is 29.8 Å². The summed E-state index contributed by atoms with van der Waals surface area (Å²) >= 11 is 6.10. The molecular weight excluding hydrogens is 398 g/mol. The third-order valence-electron chi connectivity index (χ3n) is 4.79. The van der Waals surface area contributed by atoms with E-state index in [1.807, 2.05) is 36.9 Å². The second kappa shape index (κ2) is 8.98. The van der Waals surface area contributed by atoms with Crippen LogP contribution in [0.1, 0.15) is 25.0 Å². The third-order valence-corrected chi connectivity index (χ3v) is 5.03. The van der Waals surface area contributed by atoms with Crippen molar-refractivity contribution in [2.75, 3.05) is 6.54 Å². The Hall–Kier alpha value is -2.35. The van der Waals surface area contributed by atoms with Gasteiger partial charge in [-0.25, -0.2) is 18.4 Å². The highest BCUT2D eigenvalue weighted by Crippen LogP contribution is 2.29. The third kappa shape index (κ3) is 5.38. The van der Waals surface area contributed by atoms with Crippen LogP contribution >= 0.6 is 11.6 Å². The molecule has 3 aromatic rings. The average molecular weight is 421 g/mol. The van der Waals surface area contributed by atoms with E-state index in [2.05, 4.69) is 10.1 Å². The molecular formula is C21H23ClF2N4O. The summed E-state index contributed by atoms with van der Waals surface area (Å²) in [5.74, 6) is -1.51. The lowest BCUT2D eigenvalue weighted by molar-refractivity contribution is -0.0312. The molecule has 0 spiro atoms. The van der Waals surface area contributed by atoms with Crippen LogP contribution in [0.3, 0.4) is 0 Å². The number of aromatic nitrogens is 3. The second-order valence-electron chi connectivity index (χ2n) is 7.38. The number of benzene rings is 2. The van der Waals surface area contributed by atoms with Gasteiger partial charge in [0.25, 0.3) is 0 Å². The summed E-state index contributed by atoms with van der Waals surface area (Å²) in [6.07, 6.45) is 2.79. The maximum Gasteiger partial charge on any atom is 0.137 e. The maximum absolute atomic E-state index is 14.6. The van der Waals surface area contributed by atoms with Crippen molar-refractivity contribution < 1.29 is 13.9 Å². The molecule has 1 heterocycles. The first kappa shape index (κ1) is 21.4. The number of nitrogens with zero attached hydrogens (tertiary/aromatic N) is 4. The van der Waals surface area contributed by atoms with Gasteiger partial charge >= 0.3 is 0 Å². The highest BCUT2D eigenvalue weighted by molar-refractivity contribution is 6.30. The molecule has 1 aromatic heterocycles. The fraction of sp³-hybridized carbons (Fsp3) is 0.333. The van der Waals surface area contributed by atoms with E-state index in [-0.39, 0.29) is 24.7 Å². The van der Waals surface area contributed by atoms with Crippen LogP contribution in [0.4, 0.5) is 8.78 Å². The molecule has 3 rings (SSSR count). The normalized spacial score (nSPS) is 13.8. The topological polar surface area (TPSA) is 54.2 Å². The largest absolute Gasteiger partial charge is 0.382 e. The van der Waals surface area contributed by atoms with Gasteiger partial charge < -0.3 is 5.11 Å². The van der Waals surface area contributed by atoms with Crippen molar-refractivity contribution in [1.82, 2.24) is 19.7 Å². The van der Waals surface area contributed by atoms with Crippen LogP contribution in [0.15, 0.2) is 55.1 Å². The summed E-state index contributed by atoms with van der Waals surface area (Å²) in [5, 5.41) is 16.2. The van der Waals surface area contributed by atoms with Crippen LogP contribution in [0.25, 0.3) is 0 Å². The molecule has 2 aromatic carbocycles. The lowest BCUT2D eigenvalue weighted by Gasteiger charge is -2.37. The Bertz CT molecular complexity index is 952. The van der Waals surface area contributed by atoms with Crippen molar-refractivity contribution in [2.45, 2.75) is 38.6 Å². The van der Waals surface area contributed by atoms with Crippen molar-refractivity contribution in [3.8, 4) is 0 Å². The maximum atomic E-state index is 14.6. The SMILES string of the molecule is CC(C)N(Cc1cccc(Cl)c1)CC(O)(Cn1cncn1)c1ccc(F)cc1F. The lowest BCUT2D eigenvalue weighted by atomic mass is 9.91. The van der Waals surface area contributed by atoms with Crippen LogP contribution in [0, 0.1) is 11.6 Å². The standard InChI is InChI=1S/C21H23ClF2N4O/c1-15(2)27(10-16-4-3-5-17(22)8-16)11-21(29,12-28-14-25-13-26-28)19-7-6-18(23)9-20(19)24/h3-9,13-15,29H,10-12H2,1-2H3. The Kier molecular flexibility index (Phi) is 6.62. The van der Waals surface area contributed by atoms with Crippen molar-refractivity contribution >= 4 is 11.6 Å². The van der Waals surface area contributed by atoms with Gasteiger partial charge in [0.05, 0.1) is 6.54 Å². The minimum Gasteiger partial charge on any atom is -0.382 e. The summed E-state index contributed by atoms with van der Waals surface area (Å²) < 4.78 is 29.5. The molecule has 0 fully saturated rings. The highest BCUT2D eigenvalue weighted by atomic mass is 35.5. The van der Waals surface area contributed by atoms with E-state index < -0.39 is 17.2 Å². The van der Waals surface area contributed by atoms with Crippen LogP contribution in [-0.4, -0.2) is 37.4 Å². The molecule has 0 saturated heterocycles. The summed E-state index contributed by atoms with van der Waals surface area (Å²) in [6.45, 7) is 4.54. The van der Waals surface area contributed by atoms with Crippen LogP contribution < -0.4 is 0 Å². The lowest BCUT2D eigenvalue weighted by Crippen LogP contribution is -2.46. The van der Waals surface area contributed by atoms with E-state index in [0.29, 0.717) is 11.6 Å². The molecule has 0 amide bonds. The Morgan fingerprint density at radius 1 is 1.21 bits per heavy atom. The minimum atomic E-state index is -1.66. The number of hydrogen-bond donors (Lipinski definition) is 1. The van der Waals surface area contributed by atoms with Crippen molar-refractivity contribution in [3.63, 3.8) is 0 Å². The molecule has 0 radical (unpaired) electrons. The van der Waals surface area contributed by atoms with Crippen LogP contribution in [-0.2, 0) is 18.7 Å². The monoisotopic (exact) mass is 420 g/mol. The van der Waals surface area contributed by atoms with Gasteiger partial charge in [0.1, 0.15) is 29.9 Å². The van der Waals surface area contributed by atoms with Crippen molar-refractivity contribution in [2.24, 2.45) is 0 Å². The first-order valence-electron chi connectivity index (χ1n) is 9.25. The van der Waals surface area contributed by atoms with Gasteiger partial charge in [0.2, 0.25) is 0 Å². The van der Waals surface area contributed by atoms with Gasteiger partial charge in [-0.15, -0.1) is 0 Å². The molecule has 0 aliphatic heterocycles. The molecule has 1 atom stereocenters. The van der Waals surface area contributed by atoms with E-state index in [4.69, 9.17) is 11.6 Å². The zero-order valence-corrected chi connectivity index (χ0v) is 17.0. The van der Waals surface area contributed by atoms with Crippen molar-refractivity contribution in [1.29, 1.82) is 0 Å². The van der Waals surface area contributed by atoms with Crippen LogP contribution in [0.2, 0.25) is 5.02 Å². The van der Waals surface area contributed by atoms with E-state index in [9.17, 15) is 13.9 Å². The Labute approximate surface area is 173 Å². The number of aliphatic hydroxyl groups is 1. The molecule has 8 heteroatoms. The summed E-state index contributed by atoms with van der Waals surface area (Å²) in [6, 6.07) is 10.7. The summed E-state index contributed by atoms with van der Waals surface area (Å²) in [5.41, 5.74) is -0.686. The second-order valence-corrected chi connectivity index (χ2v) is 7.81. The Morgan fingerprint density at radius 3 is 2.62 bits per heavy atom. The number of hydrogen-bond acceptors (Lipinski definition) is 4. The predicted molar refractivity (Wildman–Crippen MR) is 107 cm³/mol. The smallest absolute Gasteiger partial charge is 0.137 e. The number of halogens is 3. The number of rotatable bonds is 8. The molecule has 154 valence electrons. The molecule has 0 bridgehead atoms. The molecule has 29 heavy (non-hydrogen) atoms. The fourth-order valence-corrected chi connectivity index (χ4v) is 3.51. The predicted octanol–water partition coefficient (Wildman–Crippen LogP) is 4.01. The van der Waals surface area contributed by atoms with Crippen LogP contribution in [0.5, 0.6) is 0 Å². The summed E-state index contributed by atoms with van der Waals surface area (Å²) in [4.78, 5) is 5.89. The fourth-order valence-electron chi connectivity index (χ4n) is 3.30. The van der Waals surface area contributed by atoms with Gasteiger partial charge in [0, 0.05) is 35.8 Å². The molecule has 0 aliphatic carbocycles. The zero-order valence-electron chi connectivity index (χ0n) is 16.3. The van der Waals surface area contributed by atoms with E-state index in [1.54, 1.807) is 6.07 Å². The summed E-state index contributed by atoms with van der Waals surface area (Å²) in [7, 11) is 0. The highest BCUT2D eigenvalue weighted by Gasteiger charge is 2.36. The van der Waals surface area contributed by atoms with Gasteiger partial charge in [0.15, 0.2) is 0 Å². The molecule has 5 nitrogen and oxygen atoms in total. The van der Waals surface area contributed by atoms with Gasteiger partial charge in [-0.05, 0) is 37.6 Å². The average Bonchev–Trinajstić information content (AvgIpc) is 3.13. The molecule has 0 saturated carbocycles. The Morgan fingerprint density at radius 2 is 2.00 bits per heavy atom. The molecule has 1 unspecified atom stereocenters. The Balaban J connectivity index is 1.95. The van der Waals surface area contributed by atoms with Crippen molar-refractivity contribution in [3.05, 3.63) is 82.9 Å². The first-order valence-corrected chi connectivity index (χ1v) is 9.63. The van der Waals surface area contributed by atoms with E-state index >= 15 is 0 Å². The minimum absolute atomic E-state index is 0.00569. The van der Waals surface area contributed by atoms with Gasteiger partial charge in [-0.3, -0.25) is 4.90 Å². The quantitative estimate of drug-likeness (QED) is 0.598. The van der Waals surface area contributed by atoms with E-state index in [1.165, 1.54) is 23.4 Å².